The minimum atomic E-state index is -0.459. The minimum Gasteiger partial charge on any atom is -0.444 e. The molecule has 1 aliphatic rings. The van der Waals surface area contributed by atoms with Crippen LogP contribution < -0.4 is 5.32 Å². The molecule has 0 radical (unpaired) electrons. The van der Waals surface area contributed by atoms with Crippen LogP contribution >= 0.6 is 0 Å². The van der Waals surface area contributed by atoms with Crippen molar-refractivity contribution in [1.29, 1.82) is 0 Å². The lowest BCUT2D eigenvalue weighted by Crippen LogP contribution is -2.49. The zero-order valence-corrected chi connectivity index (χ0v) is 15.7. The Bertz CT molecular complexity index is 416. The van der Waals surface area contributed by atoms with Gasteiger partial charge in [-0.05, 0) is 60.3 Å². The SMILES string of the molecule is CN(CC1CCN(C(=O)OC(C)(C)C)CC1)C(=O)NC(C)(C)C. The van der Waals surface area contributed by atoms with Crippen molar-refractivity contribution in [2.24, 2.45) is 5.92 Å². The summed E-state index contributed by atoms with van der Waals surface area (Å²) in [7, 11) is 1.82. The quantitative estimate of drug-likeness (QED) is 0.848. The van der Waals surface area contributed by atoms with Crippen LogP contribution in [-0.4, -0.2) is 59.7 Å². The highest BCUT2D eigenvalue weighted by molar-refractivity contribution is 5.74. The van der Waals surface area contributed by atoms with Gasteiger partial charge in [0.15, 0.2) is 0 Å². The molecule has 1 saturated heterocycles. The highest BCUT2D eigenvalue weighted by atomic mass is 16.6. The van der Waals surface area contributed by atoms with Crippen LogP contribution in [0.15, 0.2) is 0 Å². The van der Waals surface area contributed by atoms with Gasteiger partial charge in [0, 0.05) is 32.2 Å². The van der Waals surface area contributed by atoms with Gasteiger partial charge in [0.25, 0.3) is 0 Å². The van der Waals surface area contributed by atoms with Gasteiger partial charge in [-0.2, -0.15) is 0 Å². The molecule has 0 atom stereocenters. The number of nitrogens with one attached hydrogen (secondary N) is 1. The summed E-state index contributed by atoms with van der Waals surface area (Å²) in [6.07, 6.45) is 1.55. The first-order valence-corrected chi connectivity index (χ1v) is 8.38. The summed E-state index contributed by atoms with van der Waals surface area (Å²) in [4.78, 5) is 27.6. The summed E-state index contributed by atoms with van der Waals surface area (Å²) in [5.41, 5.74) is -0.690. The van der Waals surface area contributed by atoms with Crippen LogP contribution in [0.4, 0.5) is 9.59 Å². The van der Waals surface area contributed by atoms with E-state index < -0.39 is 5.60 Å². The van der Waals surface area contributed by atoms with Crippen LogP contribution in [0, 0.1) is 5.92 Å². The molecule has 0 unspecified atom stereocenters. The van der Waals surface area contributed by atoms with Crippen molar-refractivity contribution in [1.82, 2.24) is 15.1 Å². The summed E-state index contributed by atoms with van der Waals surface area (Å²) < 4.78 is 5.40. The predicted molar refractivity (Wildman–Crippen MR) is 91.4 cm³/mol. The van der Waals surface area contributed by atoms with Crippen LogP contribution in [-0.2, 0) is 4.74 Å². The second kappa shape index (κ2) is 7.41. The fraction of sp³-hybridized carbons (Fsp3) is 0.882. The maximum atomic E-state index is 12.1. The monoisotopic (exact) mass is 327 g/mol. The van der Waals surface area contributed by atoms with Crippen LogP contribution in [0.2, 0.25) is 0 Å². The summed E-state index contributed by atoms with van der Waals surface area (Å²) in [5.74, 6) is 0.421. The van der Waals surface area contributed by atoms with Crippen LogP contribution in [0.25, 0.3) is 0 Å². The van der Waals surface area contributed by atoms with Crippen molar-refractivity contribution >= 4 is 12.1 Å². The lowest BCUT2D eigenvalue weighted by Gasteiger charge is -2.35. The number of carbonyl (C=O) groups excluding carboxylic acids is 2. The molecule has 134 valence electrons. The number of hydrogen-bond donors (Lipinski definition) is 1. The maximum Gasteiger partial charge on any atom is 0.410 e. The number of likely N-dealkylation sites (tertiary alicyclic amines) is 1. The van der Waals surface area contributed by atoms with Crippen LogP contribution in [0.3, 0.4) is 0 Å². The normalized spacial score (nSPS) is 16.9. The Hall–Kier alpha value is -1.46. The number of carbonyl (C=O) groups is 2. The second-order valence-corrected chi connectivity index (χ2v) is 8.47. The molecule has 0 spiro atoms. The highest BCUT2D eigenvalue weighted by Crippen LogP contribution is 2.20. The average Bonchev–Trinajstić information content (AvgIpc) is 2.35. The van der Waals surface area contributed by atoms with E-state index in [-0.39, 0.29) is 17.7 Å². The van der Waals surface area contributed by atoms with E-state index in [1.165, 1.54) is 0 Å². The molecule has 6 nitrogen and oxygen atoms in total. The topological polar surface area (TPSA) is 61.9 Å². The van der Waals surface area contributed by atoms with Gasteiger partial charge in [0.05, 0.1) is 0 Å². The Morgan fingerprint density at radius 3 is 2.09 bits per heavy atom. The van der Waals surface area contributed by atoms with E-state index in [9.17, 15) is 9.59 Å². The molecule has 0 bridgehead atoms. The first-order valence-electron chi connectivity index (χ1n) is 8.38. The minimum absolute atomic E-state index is 0.0490. The Morgan fingerprint density at radius 2 is 1.65 bits per heavy atom. The highest BCUT2D eigenvalue weighted by Gasteiger charge is 2.28. The number of rotatable bonds is 2. The van der Waals surface area contributed by atoms with Crippen LogP contribution in [0.1, 0.15) is 54.4 Å². The molecule has 1 rings (SSSR count). The van der Waals surface area contributed by atoms with Crippen molar-refractivity contribution in [3.05, 3.63) is 0 Å². The van der Waals surface area contributed by atoms with Crippen molar-refractivity contribution in [3.8, 4) is 0 Å². The molecule has 1 fully saturated rings. The number of ether oxygens (including phenoxy) is 1. The van der Waals surface area contributed by atoms with E-state index >= 15 is 0 Å². The van der Waals surface area contributed by atoms with Gasteiger partial charge in [-0.15, -0.1) is 0 Å². The zero-order chi connectivity index (χ0) is 17.8. The predicted octanol–water partition coefficient (Wildman–Crippen LogP) is 3.07. The molecule has 23 heavy (non-hydrogen) atoms. The maximum absolute atomic E-state index is 12.1. The van der Waals surface area contributed by atoms with Crippen molar-refractivity contribution in [2.45, 2.75) is 65.5 Å². The first-order chi connectivity index (χ1) is 10.4. The third-order valence-electron chi connectivity index (χ3n) is 3.63. The molecule has 3 amide bonds. The molecular formula is C17H33N3O3. The Balaban J connectivity index is 2.39. The average molecular weight is 327 g/mol. The van der Waals surface area contributed by atoms with E-state index in [4.69, 9.17) is 4.74 Å². The van der Waals surface area contributed by atoms with Gasteiger partial charge in [-0.1, -0.05) is 0 Å². The fourth-order valence-electron chi connectivity index (χ4n) is 2.51. The number of nitrogens with zero attached hydrogens (tertiary/aromatic N) is 2. The molecule has 1 aliphatic heterocycles. The Kier molecular flexibility index (Phi) is 6.31. The fourth-order valence-corrected chi connectivity index (χ4v) is 2.51. The summed E-state index contributed by atoms with van der Waals surface area (Å²) in [6.45, 7) is 13.6. The van der Waals surface area contributed by atoms with Crippen LogP contribution in [0.5, 0.6) is 0 Å². The van der Waals surface area contributed by atoms with Gasteiger partial charge in [0.2, 0.25) is 0 Å². The Labute approximate surface area is 140 Å². The molecule has 0 aliphatic carbocycles. The van der Waals surface area contributed by atoms with E-state index in [1.54, 1.807) is 9.80 Å². The summed E-state index contributed by atoms with van der Waals surface area (Å²) in [6, 6.07) is -0.0490. The van der Waals surface area contributed by atoms with E-state index in [2.05, 4.69) is 5.32 Å². The summed E-state index contributed by atoms with van der Waals surface area (Å²) >= 11 is 0. The molecule has 1 N–H and O–H groups in total. The molecule has 0 saturated carbocycles. The van der Waals surface area contributed by atoms with E-state index in [0.717, 1.165) is 12.8 Å². The lowest BCUT2D eigenvalue weighted by molar-refractivity contribution is 0.0175. The number of urea groups is 1. The van der Waals surface area contributed by atoms with Crippen molar-refractivity contribution < 1.29 is 14.3 Å². The van der Waals surface area contributed by atoms with Gasteiger partial charge < -0.3 is 19.9 Å². The third-order valence-corrected chi connectivity index (χ3v) is 3.63. The number of piperidine rings is 1. The van der Waals surface area contributed by atoms with Gasteiger partial charge >= 0.3 is 12.1 Å². The molecule has 0 aromatic carbocycles. The third kappa shape index (κ3) is 7.57. The second-order valence-electron chi connectivity index (χ2n) is 8.47. The van der Waals surface area contributed by atoms with Crippen molar-refractivity contribution in [3.63, 3.8) is 0 Å². The number of hydrogen-bond acceptors (Lipinski definition) is 3. The van der Waals surface area contributed by atoms with Gasteiger partial charge in [-0.3, -0.25) is 0 Å². The zero-order valence-electron chi connectivity index (χ0n) is 15.7. The standard InChI is InChI=1S/C17H33N3O3/c1-16(2,3)18-14(21)19(7)12-13-8-10-20(11-9-13)15(22)23-17(4,5)6/h13H,8-12H2,1-7H3,(H,18,21). The van der Waals surface area contributed by atoms with Gasteiger partial charge in [0.1, 0.15) is 5.60 Å². The lowest BCUT2D eigenvalue weighted by atomic mass is 9.96. The molecule has 0 aromatic rings. The smallest absolute Gasteiger partial charge is 0.410 e. The van der Waals surface area contributed by atoms with Gasteiger partial charge in [-0.25, -0.2) is 9.59 Å². The largest absolute Gasteiger partial charge is 0.444 e. The molecule has 1 heterocycles. The Morgan fingerprint density at radius 1 is 1.13 bits per heavy atom. The first kappa shape index (κ1) is 19.6. The molecule has 0 aromatic heterocycles. The number of amides is 3. The van der Waals surface area contributed by atoms with E-state index in [1.807, 2.05) is 48.6 Å². The molecular weight excluding hydrogens is 294 g/mol. The molecule has 6 heteroatoms. The van der Waals surface area contributed by atoms with E-state index in [0.29, 0.717) is 25.6 Å². The van der Waals surface area contributed by atoms with Crippen molar-refractivity contribution in [2.75, 3.05) is 26.7 Å². The summed E-state index contributed by atoms with van der Waals surface area (Å²) in [5, 5.41) is 2.96.